The number of anilines is 2. The Balaban J connectivity index is 2.83. The summed E-state index contributed by atoms with van der Waals surface area (Å²) in [7, 11) is 3.99. The van der Waals surface area contributed by atoms with E-state index in [9.17, 15) is 0 Å². The molecule has 0 bridgehead atoms. The predicted octanol–water partition coefficient (Wildman–Crippen LogP) is 1.55. The van der Waals surface area contributed by atoms with Crippen molar-refractivity contribution < 1.29 is 0 Å². The number of nitrogens with two attached hydrogens (primary N) is 1. The Labute approximate surface area is 85.7 Å². The van der Waals surface area contributed by atoms with Crippen LogP contribution >= 0.6 is 0 Å². The van der Waals surface area contributed by atoms with Crippen LogP contribution in [0.4, 0.5) is 11.5 Å². The maximum Gasteiger partial charge on any atom is 0.150 e. The van der Waals surface area contributed by atoms with E-state index in [1.807, 2.05) is 18.7 Å². The summed E-state index contributed by atoms with van der Waals surface area (Å²) in [6.07, 6.45) is 2.38. The third kappa shape index (κ3) is 2.00. The molecule has 2 N–H and O–H groups in total. The Morgan fingerprint density at radius 1 is 1.50 bits per heavy atom. The molecule has 4 nitrogen and oxygen atoms in total. The van der Waals surface area contributed by atoms with Gasteiger partial charge in [0.2, 0.25) is 0 Å². The molecule has 0 unspecified atom stereocenters. The Morgan fingerprint density at radius 2 is 2.14 bits per heavy atom. The minimum Gasteiger partial charge on any atom is -0.394 e. The standard InChI is InChI=1S/C10H20N4/c1-5-6-7-13(3)10-9(11)8(2)12-14(10)4/h5-7,11H2,1-4H3. The first-order valence-corrected chi connectivity index (χ1v) is 5.08. The number of hydrogen-bond acceptors (Lipinski definition) is 3. The van der Waals surface area contributed by atoms with Crippen LogP contribution in [0.2, 0.25) is 0 Å². The van der Waals surface area contributed by atoms with Gasteiger partial charge in [-0.05, 0) is 13.3 Å². The molecule has 0 atom stereocenters. The van der Waals surface area contributed by atoms with E-state index >= 15 is 0 Å². The van der Waals surface area contributed by atoms with Gasteiger partial charge in [-0.25, -0.2) is 0 Å². The summed E-state index contributed by atoms with van der Waals surface area (Å²) < 4.78 is 1.85. The molecular weight excluding hydrogens is 176 g/mol. The van der Waals surface area contributed by atoms with E-state index in [1.165, 1.54) is 12.8 Å². The van der Waals surface area contributed by atoms with Crippen molar-refractivity contribution in [1.29, 1.82) is 0 Å². The number of nitrogen functional groups attached to an aromatic ring is 1. The second-order valence-corrected chi connectivity index (χ2v) is 3.72. The fourth-order valence-corrected chi connectivity index (χ4v) is 1.62. The lowest BCUT2D eigenvalue weighted by atomic mass is 10.3. The number of nitrogens with zero attached hydrogens (tertiary/aromatic N) is 3. The van der Waals surface area contributed by atoms with E-state index in [-0.39, 0.29) is 0 Å². The summed E-state index contributed by atoms with van der Waals surface area (Å²) in [5.41, 5.74) is 7.66. The smallest absolute Gasteiger partial charge is 0.150 e. The average molecular weight is 196 g/mol. The molecule has 0 spiro atoms. The molecule has 4 heteroatoms. The summed E-state index contributed by atoms with van der Waals surface area (Å²) >= 11 is 0. The zero-order chi connectivity index (χ0) is 10.7. The van der Waals surface area contributed by atoms with Crippen LogP contribution in [0.1, 0.15) is 25.5 Å². The molecule has 0 aliphatic rings. The topological polar surface area (TPSA) is 47.1 Å². The molecule has 0 aliphatic carbocycles. The zero-order valence-corrected chi connectivity index (χ0v) is 9.54. The first-order valence-electron chi connectivity index (χ1n) is 5.08. The SMILES string of the molecule is CCCCN(C)c1c(N)c(C)nn1C. The van der Waals surface area contributed by atoms with Gasteiger partial charge in [-0.15, -0.1) is 0 Å². The van der Waals surface area contributed by atoms with Crippen molar-refractivity contribution in [2.45, 2.75) is 26.7 Å². The van der Waals surface area contributed by atoms with Crippen LogP contribution in [-0.4, -0.2) is 23.4 Å². The third-order valence-corrected chi connectivity index (χ3v) is 2.45. The number of rotatable bonds is 4. The van der Waals surface area contributed by atoms with Crippen molar-refractivity contribution in [2.75, 3.05) is 24.2 Å². The van der Waals surface area contributed by atoms with Crippen LogP contribution in [0.5, 0.6) is 0 Å². The van der Waals surface area contributed by atoms with Crippen LogP contribution in [0.15, 0.2) is 0 Å². The quantitative estimate of drug-likeness (QED) is 0.794. The molecule has 1 rings (SSSR count). The normalized spacial score (nSPS) is 10.6. The molecule has 14 heavy (non-hydrogen) atoms. The van der Waals surface area contributed by atoms with E-state index in [4.69, 9.17) is 5.73 Å². The van der Waals surface area contributed by atoms with Crippen LogP contribution in [0, 0.1) is 6.92 Å². The molecule has 0 fully saturated rings. The van der Waals surface area contributed by atoms with Crippen LogP contribution < -0.4 is 10.6 Å². The Morgan fingerprint density at radius 3 is 2.57 bits per heavy atom. The summed E-state index contributed by atoms with van der Waals surface area (Å²) in [6, 6.07) is 0. The predicted molar refractivity (Wildman–Crippen MR) is 60.5 cm³/mol. The maximum atomic E-state index is 5.95. The Hall–Kier alpha value is -1.19. The summed E-state index contributed by atoms with van der Waals surface area (Å²) in [6.45, 7) is 5.15. The Kier molecular flexibility index (Phi) is 3.38. The number of aryl methyl sites for hydroxylation is 2. The van der Waals surface area contributed by atoms with Gasteiger partial charge < -0.3 is 10.6 Å². The summed E-state index contributed by atoms with van der Waals surface area (Å²) in [5, 5.41) is 4.29. The fourth-order valence-electron chi connectivity index (χ4n) is 1.62. The van der Waals surface area contributed by atoms with E-state index in [0.29, 0.717) is 0 Å². The average Bonchev–Trinajstić information content (AvgIpc) is 2.38. The number of unbranched alkanes of at least 4 members (excludes halogenated alkanes) is 1. The fraction of sp³-hybridized carbons (Fsp3) is 0.700. The summed E-state index contributed by atoms with van der Waals surface area (Å²) in [5.74, 6) is 1.02. The van der Waals surface area contributed by atoms with Gasteiger partial charge in [-0.3, -0.25) is 4.68 Å². The molecule has 1 aromatic rings. The second kappa shape index (κ2) is 4.35. The monoisotopic (exact) mass is 196 g/mol. The van der Waals surface area contributed by atoms with E-state index in [2.05, 4.69) is 24.0 Å². The molecule has 0 saturated heterocycles. The van der Waals surface area contributed by atoms with Crippen LogP contribution in [0.25, 0.3) is 0 Å². The molecule has 0 radical (unpaired) electrons. The molecular formula is C10H20N4. The van der Waals surface area contributed by atoms with Gasteiger partial charge in [0.1, 0.15) is 5.82 Å². The van der Waals surface area contributed by atoms with Gasteiger partial charge >= 0.3 is 0 Å². The zero-order valence-electron chi connectivity index (χ0n) is 9.54. The summed E-state index contributed by atoms with van der Waals surface area (Å²) in [4.78, 5) is 2.17. The molecule has 0 aliphatic heterocycles. The second-order valence-electron chi connectivity index (χ2n) is 3.72. The molecule has 1 heterocycles. The van der Waals surface area contributed by atoms with Gasteiger partial charge in [0.05, 0.1) is 11.4 Å². The lowest BCUT2D eigenvalue weighted by molar-refractivity contribution is 0.702. The van der Waals surface area contributed by atoms with E-state index < -0.39 is 0 Å². The van der Waals surface area contributed by atoms with Crippen LogP contribution in [-0.2, 0) is 7.05 Å². The van der Waals surface area contributed by atoms with Crippen molar-refractivity contribution in [3.8, 4) is 0 Å². The molecule has 0 amide bonds. The molecule has 80 valence electrons. The number of hydrogen-bond donors (Lipinski definition) is 1. The largest absolute Gasteiger partial charge is 0.394 e. The Bertz CT molecular complexity index is 303. The van der Waals surface area contributed by atoms with Crippen molar-refractivity contribution >= 4 is 11.5 Å². The van der Waals surface area contributed by atoms with Gasteiger partial charge in [0.25, 0.3) is 0 Å². The highest BCUT2D eigenvalue weighted by molar-refractivity contribution is 5.65. The van der Waals surface area contributed by atoms with Gasteiger partial charge in [-0.1, -0.05) is 13.3 Å². The number of aromatic nitrogens is 2. The van der Waals surface area contributed by atoms with Crippen molar-refractivity contribution in [3.05, 3.63) is 5.69 Å². The maximum absolute atomic E-state index is 5.95. The lowest BCUT2D eigenvalue weighted by Crippen LogP contribution is -2.22. The molecule has 0 aromatic carbocycles. The van der Waals surface area contributed by atoms with Gasteiger partial charge in [-0.2, -0.15) is 5.10 Å². The van der Waals surface area contributed by atoms with Crippen molar-refractivity contribution in [3.63, 3.8) is 0 Å². The van der Waals surface area contributed by atoms with Gasteiger partial charge in [0.15, 0.2) is 0 Å². The first-order chi connectivity index (χ1) is 6.57. The minimum absolute atomic E-state index is 0.797. The highest BCUT2D eigenvalue weighted by atomic mass is 15.4. The van der Waals surface area contributed by atoms with E-state index in [1.54, 1.807) is 0 Å². The highest BCUT2D eigenvalue weighted by Gasteiger charge is 2.13. The minimum atomic E-state index is 0.797. The van der Waals surface area contributed by atoms with Crippen LogP contribution in [0.3, 0.4) is 0 Å². The molecule has 1 aromatic heterocycles. The van der Waals surface area contributed by atoms with Gasteiger partial charge in [0, 0.05) is 20.6 Å². The lowest BCUT2D eigenvalue weighted by Gasteiger charge is -2.19. The van der Waals surface area contributed by atoms with Crippen molar-refractivity contribution in [1.82, 2.24) is 9.78 Å². The first kappa shape index (κ1) is 10.9. The van der Waals surface area contributed by atoms with Crippen molar-refractivity contribution in [2.24, 2.45) is 7.05 Å². The van der Waals surface area contributed by atoms with E-state index in [0.717, 1.165) is 23.7 Å². The molecule has 0 saturated carbocycles. The third-order valence-electron chi connectivity index (χ3n) is 2.45. The highest BCUT2D eigenvalue weighted by Crippen LogP contribution is 2.24.